The van der Waals surface area contributed by atoms with Crippen LogP contribution in [0.1, 0.15) is 0 Å². The monoisotopic (exact) mass is 87.0 g/mol. The summed E-state index contributed by atoms with van der Waals surface area (Å²) < 4.78 is 0. The Kier molecular flexibility index (Phi) is 0.813. The van der Waals surface area contributed by atoms with Gasteiger partial charge in [-0.1, -0.05) is 0 Å². The molecule has 0 amide bonds. The van der Waals surface area contributed by atoms with Gasteiger partial charge in [0.2, 0.25) is 0 Å². The Labute approximate surface area is 34.7 Å². The lowest BCUT2D eigenvalue weighted by Crippen LogP contribution is -2.12. The van der Waals surface area contributed by atoms with Crippen molar-refractivity contribution in [3.8, 4) is 0 Å². The Hall–Kier alpha value is -0.150. The predicted octanol–water partition coefficient (Wildman–Crippen LogP) is 0.0168. The number of hydrogen-bond acceptors (Lipinski definition) is 3. The summed E-state index contributed by atoms with van der Waals surface area (Å²) in [4.78, 5) is 2.72. The maximum absolute atomic E-state index is 2.72. The molecule has 2 N–H and O–H groups in total. The largest absolute Gasteiger partial charge is 0.309 e. The third-order valence-corrected chi connectivity index (χ3v) is 0.756. The minimum Gasteiger partial charge on any atom is -0.309 e. The van der Waals surface area contributed by atoms with Gasteiger partial charge < -0.3 is 5.43 Å². The van der Waals surface area contributed by atoms with Gasteiger partial charge in [-0.05, 0) is 11.9 Å². The number of hydrazine groups is 1. The van der Waals surface area contributed by atoms with E-state index >= 15 is 0 Å². The van der Waals surface area contributed by atoms with E-state index in [0.29, 0.717) is 0 Å². The van der Waals surface area contributed by atoms with Crippen LogP contribution in [0, 0.1) is 6.20 Å². The maximum atomic E-state index is 2.72. The molecule has 3 heteroatoms. The van der Waals surface area contributed by atoms with Gasteiger partial charge in [0.25, 0.3) is 0 Å². The molecule has 0 aromatic carbocycles. The first-order chi connectivity index (χ1) is 2.50. The standard InChI is InChI=1S/C2H3N2S/c1-2-5-4-3-1/h2-4H. The quantitative estimate of drug-likeness (QED) is 0.407. The van der Waals surface area contributed by atoms with Crippen LogP contribution < -0.4 is 10.3 Å². The van der Waals surface area contributed by atoms with Crippen molar-refractivity contribution >= 4 is 11.9 Å². The van der Waals surface area contributed by atoms with Crippen LogP contribution in [0.15, 0.2) is 5.41 Å². The molecule has 0 saturated carbocycles. The third-order valence-electron chi connectivity index (χ3n) is 0.300. The maximum Gasteiger partial charge on any atom is 0.0824 e. The number of hydrogen-bond donors (Lipinski definition) is 2. The molecule has 0 aromatic rings. The molecule has 1 aliphatic heterocycles. The van der Waals surface area contributed by atoms with E-state index in [-0.39, 0.29) is 0 Å². The molecule has 27 valence electrons. The lowest BCUT2D eigenvalue weighted by Gasteiger charge is -1.81. The van der Waals surface area contributed by atoms with Crippen molar-refractivity contribution in [2.24, 2.45) is 0 Å². The highest BCUT2D eigenvalue weighted by Crippen LogP contribution is 1.94. The molecule has 1 heterocycles. The Bertz CT molecular complexity index is 45.6. The first-order valence-corrected chi connectivity index (χ1v) is 2.11. The molecular formula is C2H3N2S. The molecule has 5 heavy (non-hydrogen) atoms. The van der Waals surface area contributed by atoms with Crippen LogP contribution in [0.2, 0.25) is 0 Å². The van der Waals surface area contributed by atoms with Crippen molar-refractivity contribution in [3.63, 3.8) is 0 Å². The van der Waals surface area contributed by atoms with Crippen molar-refractivity contribution in [2.45, 2.75) is 0 Å². The van der Waals surface area contributed by atoms with E-state index in [1.54, 1.807) is 5.41 Å². The van der Waals surface area contributed by atoms with Crippen molar-refractivity contribution in [2.75, 3.05) is 0 Å². The zero-order valence-electron chi connectivity index (χ0n) is 2.49. The number of nitrogens with one attached hydrogen (secondary N) is 2. The fourth-order valence-corrected chi connectivity index (χ4v) is 0.442. The van der Waals surface area contributed by atoms with Gasteiger partial charge in [-0.25, -0.2) is 0 Å². The lowest BCUT2D eigenvalue weighted by molar-refractivity contribution is 0.872. The summed E-state index contributed by atoms with van der Waals surface area (Å²) in [6.07, 6.45) is 2.70. The van der Waals surface area contributed by atoms with Gasteiger partial charge in [0.15, 0.2) is 0 Å². The minimum atomic E-state index is 1.48. The second-order valence-corrected chi connectivity index (χ2v) is 1.28. The fraction of sp³-hybridized carbons (Fsp3) is 0. The number of rotatable bonds is 0. The molecular weight excluding hydrogens is 84.1 g/mol. The Balaban J connectivity index is 2.32. The molecule has 2 nitrogen and oxygen atoms in total. The van der Waals surface area contributed by atoms with E-state index in [4.69, 9.17) is 0 Å². The fourth-order valence-electron chi connectivity index (χ4n) is 0.147. The summed E-state index contributed by atoms with van der Waals surface area (Å²) in [6.45, 7) is 0. The first kappa shape index (κ1) is 3.06. The molecule has 1 radical (unpaired) electrons. The van der Waals surface area contributed by atoms with Crippen molar-refractivity contribution in [3.05, 3.63) is 11.6 Å². The molecule has 0 aromatic heterocycles. The highest BCUT2D eigenvalue weighted by molar-refractivity contribution is 8.00. The summed E-state index contributed by atoms with van der Waals surface area (Å²) >= 11 is 1.48. The van der Waals surface area contributed by atoms with Crippen molar-refractivity contribution < 1.29 is 0 Å². The van der Waals surface area contributed by atoms with E-state index in [1.165, 1.54) is 11.9 Å². The van der Waals surface area contributed by atoms with E-state index in [1.807, 2.05) is 0 Å². The van der Waals surface area contributed by atoms with Gasteiger partial charge in [0.05, 0.1) is 6.20 Å². The molecule has 0 saturated heterocycles. The van der Waals surface area contributed by atoms with Crippen LogP contribution in [-0.2, 0) is 0 Å². The second kappa shape index (κ2) is 1.33. The SMILES string of the molecule is [C]1=CSNN1. The summed E-state index contributed by atoms with van der Waals surface area (Å²) in [5.41, 5.74) is 2.63. The molecule has 0 spiro atoms. The lowest BCUT2D eigenvalue weighted by atomic mass is 11.1. The van der Waals surface area contributed by atoms with E-state index < -0.39 is 0 Å². The van der Waals surface area contributed by atoms with E-state index in [2.05, 4.69) is 16.5 Å². The molecule has 0 unspecified atom stereocenters. The average Bonchev–Trinajstić information content (AvgIpc) is 1.76. The Morgan fingerprint density at radius 2 is 2.80 bits per heavy atom. The van der Waals surface area contributed by atoms with Gasteiger partial charge in [-0.2, -0.15) is 4.83 Å². The van der Waals surface area contributed by atoms with Gasteiger partial charge >= 0.3 is 0 Å². The van der Waals surface area contributed by atoms with Gasteiger partial charge in [-0.15, -0.1) is 0 Å². The Morgan fingerprint density at radius 1 is 1.80 bits per heavy atom. The molecule has 1 rings (SSSR count). The molecule has 1 aliphatic rings. The summed E-state index contributed by atoms with van der Waals surface area (Å²) in [5.74, 6) is 0. The van der Waals surface area contributed by atoms with Gasteiger partial charge in [0.1, 0.15) is 0 Å². The zero-order chi connectivity index (χ0) is 3.54. The van der Waals surface area contributed by atoms with Crippen LogP contribution in [0.3, 0.4) is 0 Å². The third kappa shape index (κ3) is 0.560. The minimum absolute atomic E-state index is 1.48. The topological polar surface area (TPSA) is 24.1 Å². The van der Waals surface area contributed by atoms with Crippen molar-refractivity contribution in [1.82, 2.24) is 10.3 Å². The smallest absolute Gasteiger partial charge is 0.0824 e. The van der Waals surface area contributed by atoms with Gasteiger partial charge in [-0.3, -0.25) is 0 Å². The molecule has 0 bridgehead atoms. The van der Waals surface area contributed by atoms with Crippen LogP contribution in [0.25, 0.3) is 0 Å². The zero-order valence-corrected chi connectivity index (χ0v) is 3.30. The Morgan fingerprint density at radius 3 is 3.00 bits per heavy atom. The summed E-state index contributed by atoms with van der Waals surface area (Å²) in [7, 11) is 0. The molecule has 0 aliphatic carbocycles. The molecule has 0 atom stereocenters. The second-order valence-electron chi connectivity index (χ2n) is 0.607. The van der Waals surface area contributed by atoms with Crippen LogP contribution >= 0.6 is 11.9 Å². The summed E-state index contributed by atoms with van der Waals surface area (Å²) in [5, 5.41) is 1.81. The highest BCUT2D eigenvalue weighted by Gasteiger charge is 1.81. The van der Waals surface area contributed by atoms with E-state index in [9.17, 15) is 0 Å². The van der Waals surface area contributed by atoms with Gasteiger partial charge in [0, 0.05) is 5.41 Å². The molecule has 0 fully saturated rings. The highest BCUT2D eigenvalue weighted by atomic mass is 32.2. The van der Waals surface area contributed by atoms with Crippen LogP contribution in [0.4, 0.5) is 0 Å². The van der Waals surface area contributed by atoms with Crippen molar-refractivity contribution in [1.29, 1.82) is 0 Å². The van der Waals surface area contributed by atoms with Crippen LogP contribution in [-0.4, -0.2) is 0 Å². The van der Waals surface area contributed by atoms with E-state index in [0.717, 1.165) is 0 Å². The van der Waals surface area contributed by atoms with Crippen LogP contribution in [0.5, 0.6) is 0 Å². The first-order valence-electron chi connectivity index (χ1n) is 1.23. The average molecular weight is 87.1 g/mol. The normalized spacial score (nSPS) is 19.2. The summed E-state index contributed by atoms with van der Waals surface area (Å²) in [6, 6.07) is 0. The predicted molar refractivity (Wildman–Crippen MR) is 21.7 cm³/mol.